The van der Waals surface area contributed by atoms with E-state index in [-0.39, 0.29) is 11.7 Å². The minimum atomic E-state index is -0.389. The maximum atomic E-state index is 13.8. The highest BCUT2D eigenvalue weighted by Gasteiger charge is 2.17. The normalized spacial score (nSPS) is 17.7. The fourth-order valence-corrected chi connectivity index (χ4v) is 2.44. The molecule has 1 amide bonds. The summed E-state index contributed by atoms with van der Waals surface area (Å²) in [6.07, 6.45) is 2.83. The summed E-state index contributed by atoms with van der Waals surface area (Å²) in [7, 11) is 0. The second-order valence-electron chi connectivity index (χ2n) is 5.36. The van der Waals surface area contributed by atoms with Gasteiger partial charge in [-0.25, -0.2) is 4.39 Å². The van der Waals surface area contributed by atoms with Gasteiger partial charge in [0.05, 0.1) is 11.3 Å². The van der Waals surface area contributed by atoms with Crippen LogP contribution in [0.4, 0.5) is 10.1 Å². The molecule has 0 aromatic heterocycles. The van der Waals surface area contributed by atoms with E-state index in [4.69, 9.17) is 4.74 Å². The minimum absolute atomic E-state index is 0.230. The van der Waals surface area contributed by atoms with Gasteiger partial charge < -0.3 is 15.4 Å². The summed E-state index contributed by atoms with van der Waals surface area (Å²) in [5.41, 5.74) is 0.659. The van der Waals surface area contributed by atoms with E-state index in [9.17, 15) is 9.18 Å². The Kier molecular flexibility index (Phi) is 5.99. The molecule has 1 heterocycles. The van der Waals surface area contributed by atoms with E-state index in [1.807, 2.05) is 6.92 Å². The number of halogens is 1. The topological polar surface area (TPSA) is 50.4 Å². The van der Waals surface area contributed by atoms with Crippen LogP contribution >= 0.6 is 0 Å². The Labute approximate surface area is 125 Å². The van der Waals surface area contributed by atoms with E-state index in [2.05, 4.69) is 10.6 Å². The summed E-state index contributed by atoms with van der Waals surface area (Å²) in [5, 5.41) is 5.86. The number of carbonyl (C=O) groups excluding carboxylic acids is 1. The summed E-state index contributed by atoms with van der Waals surface area (Å²) in [6, 6.07) is 4.58. The number of nitrogens with one attached hydrogen (secondary N) is 2. The molecule has 1 aliphatic heterocycles. The Hall–Kier alpha value is -1.62. The third-order valence-electron chi connectivity index (χ3n) is 3.67. The van der Waals surface area contributed by atoms with Gasteiger partial charge >= 0.3 is 0 Å². The lowest BCUT2D eigenvalue weighted by atomic mass is 10.1. The zero-order valence-electron chi connectivity index (χ0n) is 12.5. The smallest absolute Gasteiger partial charge is 0.253 e. The zero-order chi connectivity index (χ0) is 15.1. The van der Waals surface area contributed by atoms with Crippen LogP contribution in [0, 0.1) is 11.7 Å². The lowest BCUT2D eigenvalue weighted by molar-refractivity contribution is 0.0951. The van der Waals surface area contributed by atoms with E-state index in [0.29, 0.717) is 30.3 Å². The molecule has 0 bridgehead atoms. The maximum absolute atomic E-state index is 13.8. The lowest BCUT2D eigenvalue weighted by Gasteiger charge is -2.13. The predicted molar refractivity (Wildman–Crippen MR) is 81.1 cm³/mol. The molecule has 0 aliphatic carbocycles. The van der Waals surface area contributed by atoms with Crippen molar-refractivity contribution in [1.29, 1.82) is 0 Å². The molecule has 116 valence electrons. The van der Waals surface area contributed by atoms with E-state index < -0.39 is 0 Å². The number of benzene rings is 1. The van der Waals surface area contributed by atoms with Gasteiger partial charge in [-0.15, -0.1) is 0 Å². The lowest BCUT2D eigenvalue weighted by Crippen LogP contribution is -2.27. The number of para-hydroxylation sites is 1. The van der Waals surface area contributed by atoms with Crippen LogP contribution in [0.5, 0.6) is 0 Å². The average Bonchev–Trinajstić information content (AvgIpc) is 2.99. The Balaban J connectivity index is 1.92. The van der Waals surface area contributed by atoms with Gasteiger partial charge in [0.15, 0.2) is 0 Å². The second-order valence-corrected chi connectivity index (χ2v) is 5.36. The van der Waals surface area contributed by atoms with Crippen LogP contribution in [0.25, 0.3) is 0 Å². The fourth-order valence-electron chi connectivity index (χ4n) is 2.44. The van der Waals surface area contributed by atoms with Crippen molar-refractivity contribution in [2.75, 3.05) is 31.6 Å². The van der Waals surface area contributed by atoms with Gasteiger partial charge in [-0.1, -0.05) is 13.0 Å². The molecule has 0 radical (unpaired) electrons. The number of hydrogen-bond donors (Lipinski definition) is 2. The first kappa shape index (κ1) is 15.8. The molecular weight excluding hydrogens is 271 g/mol. The largest absolute Gasteiger partial charge is 0.382 e. The van der Waals surface area contributed by atoms with Crippen molar-refractivity contribution in [3.8, 4) is 0 Å². The van der Waals surface area contributed by atoms with Gasteiger partial charge in [-0.2, -0.15) is 0 Å². The molecule has 1 unspecified atom stereocenters. The first-order chi connectivity index (χ1) is 10.2. The highest BCUT2D eigenvalue weighted by molar-refractivity contribution is 5.99. The van der Waals surface area contributed by atoms with Crippen LogP contribution in [0.2, 0.25) is 0 Å². The van der Waals surface area contributed by atoms with Crippen LogP contribution in [-0.2, 0) is 4.74 Å². The molecule has 1 aromatic carbocycles. The van der Waals surface area contributed by atoms with Crippen LogP contribution in [0.1, 0.15) is 36.5 Å². The molecule has 2 rings (SSSR count). The summed E-state index contributed by atoms with van der Waals surface area (Å²) >= 11 is 0. The summed E-state index contributed by atoms with van der Waals surface area (Å²) in [4.78, 5) is 12.2. The fraction of sp³-hybridized carbons (Fsp3) is 0.562. The molecule has 21 heavy (non-hydrogen) atoms. The van der Waals surface area contributed by atoms with E-state index >= 15 is 0 Å². The third kappa shape index (κ3) is 4.43. The van der Waals surface area contributed by atoms with E-state index in [1.165, 1.54) is 6.07 Å². The van der Waals surface area contributed by atoms with Gasteiger partial charge in [0, 0.05) is 26.3 Å². The van der Waals surface area contributed by atoms with Crippen molar-refractivity contribution >= 4 is 11.6 Å². The summed E-state index contributed by atoms with van der Waals surface area (Å²) < 4.78 is 19.1. The molecule has 2 N–H and O–H groups in total. The van der Waals surface area contributed by atoms with Crippen LogP contribution in [0.3, 0.4) is 0 Å². The predicted octanol–water partition coefficient (Wildman–Crippen LogP) is 2.80. The van der Waals surface area contributed by atoms with Gasteiger partial charge in [-0.3, -0.25) is 4.79 Å². The van der Waals surface area contributed by atoms with Crippen molar-refractivity contribution in [1.82, 2.24) is 5.32 Å². The van der Waals surface area contributed by atoms with Crippen molar-refractivity contribution < 1.29 is 13.9 Å². The molecule has 1 saturated heterocycles. The summed E-state index contributed by atoms with van der Waals surface area (Å²) in [5.74, 6) is -0.0946. The first-order valence-corrected chi connectivity index (χ1v) is 7.60. The van der Waals surface area contributed by atoms with Gasteiger partial charge in [0.1, 0.15) is 5.82 Å². The number of amides is 1. The van der Waals surface area contributed by atoms with Gasteiger partial charge in [-0.05, 0) is 37.3 Å². The molecule has 0 spiro atoms. The van der Waals surface area contributed by atoms with Crippen molar-refractivity contribution in [3.05, 3.63) is 29.6 Å². The standard InChI is InChI=1S/C16H23FN2O2/c1-2-8-18-15-13(4-3-5-14(15)17)16(20)19-9-6-12-7-10-21-11-12/h3-5,12,18H,2,6-11H2,1H3,(H,19,20). The van der Waals surface area contributed by atoms with Crippen LogP contribution < -0.4 is 10.6 Å². The zero-order valence-corrected chi connectivity index (χ0v) is 12.5. The Morgan fingerprint density at radius 2 is 2.29 bits per heavy atom. The summed E-state index contributed by atoms with van der Waals surface area (Å²) in [6.45, 7) is 4.82. The minimum Gasteiger partial charge on any atom is -0.382 e. The first-order valence-electron chi connectivity index (χ1n) is 7.60. The quantitative estimate of drug-likeness (QED) is 0.813. The Morgan fingerprint density at radius 1 is 1.43 bits per heavy atom. The van der Waals surface area contributed by atoms with Gasteiger partial charge in [0.2, 0.25) is 0 Å². The molecule has 1 aliphatic rings. The SMILES string of the molecule is CCCNc1c(F)cccc1C(=O)NCCC1CCOC1. The average molecular weight is 294 g/mol. The van der Waals surface area contributed by atoms with Crippen LogP contribution in [0.15, 0.2) is 18.2 Å². The highest BCUT2D eigenvalue weighted by Crippen LogP contribution is 2.20. The molecule has 5 heteroatoms. The molecule has 4 nitrogen and oxygen atoms in total. The third-order valence-corrected chi connectivity index (χ3v) is 3.67. The molecule has 1 aromatic rings. The number of rotatable bonds is 7. The highest BCUT2D eigenvalue weighted by atomic mass is 19.1. The van der Waals surface area contributed by atoms with Crippen molar-refractivity contribution in [3.63, 3.8) is 0 Å². The second kappa shape index (κ2) is 7.98. The number of carbonyl (C=O) groups is 1. The van der Waals surface area contributed by atoms with E-state index in [0.717, 1.165) is 32.5 Å². The molecule has 1 atom stereocenters. The monoisotopic (exact) mass is 294 g/mol. The number of ether oxygens (including phenoxy) is 1. The Bertz CT molecular complexity index is 473. The maximum Gasteiger partial charge on any atom is 0.253 e. The molecule has 1 fully saturated rings. The van der Waals surface area contributed by atoms with Crippen molar-refractivity contribution in [2.24, 2.45) is 5.92 Å². The van der Waals surface area contributed by atoms with Crippen molar-refractivity contribution in [2.45, 2.75) is 26.2 Å². The number of hydrogen-bond acceptors (Lipinski definition) is 3. The number of anilines is 1. The molecular formula is C16H23FN2O2. The van der Waals surface area contributed by atoms with E-state index in [1.54, 1.807) is 12.1 Å². The van der Waals surface area contributed by atoms with Gasteiger partial charge in [0.25, 0.3) is 5.91 Å². The van der Waals surface area contributed by atoms with Crippen LogP contribution in [-0.4, -0.2) is 32.2 Å². The Morgan fingerprint density at radius 3 is 3.00 bits per heavy atom. The molecule has 0 saturated carbocycles.